The van der Waals surface area contributed by atoms with Crippen LogP contribution in [0.5, 0.6) is 0 Å². The zero-order chi connectivity index (χ0) is 15.2. The molecule has 0 aliphatic heterocycles. The third-order valence-electron chi connectivity index (χ3n) is 5.96. The molecular weight excluding hydrogens is 294 g/mol. The Morgan fingerprint density at radius 1 is 1.14 bits per heavy atom. The highest BCUT2D eigenvalue weighted by atomic mass is 32.2. The Bertz CT molecular complexity index is 563. The summed E-state index contributed by atoms with van der Waals surface area (Å²) >= 11 is 0. The molecule has 4 aliphatic carbocycles. The van der Waals surface area contributed by atoms with Gasteiger partial charge in [0.25, 0.3) is 0 Å². The second kappa shape index (κ2) is 5.55. The summed E-state index contributed by atoms with van der Waals surface area (Å²) < 4.78 is 12.4. The van der Waals surface area contributed by atoms with Crippen molar-refractivity contribution >= 4 is 16.6 Å². The van der Waals surface area contributed by atoms with E-state index in [-0.39, 0.29) is 17.0 Å². The van der Waals surface area contributed by atoms with Gasteiger partial charge in [0.15, 0.2) is 5.78 Å². The molecule has 1 aromatic rings. The quantitative estimate of drug-likeness (QED) is 0.838. The zero-order valence-corrected chi connectivity index (χ0v) is 13.7. The summed E-state index contributed by atoms with van der Waals surface area (Å²) in [5.41, 5.74) is 0.702. The summed E-state index contributed by atoms with van der Waals surface area (Å²) in [5.74, 6) is 3.20. The first-order valence-corrected chi connectivity index (χ1v) is 9.90. The molecule has 4 saturated carbocycles. The van der Waals surface area contributed by atoms with Crippen molar-refractivity contribution in [3.63, 3.8) is 0 Å². The summed E-state index contributed by atoms with van der Waals surface area (Å²) in [7, 11) is -1.13. The molecule has 5 rings (SSSR count). The zero-order valence-electron chi connectivity index (χ0n) is 12.9. The average Bonchev–Trinajstić information content (AvgIpc) is 2.46. The van der Waals surface area contributed by atoms with E-state index in [1.54, 1.807) is 6.20 Å². The highest BCUT2D eigenvalue weighted by molar-refractivity contribution is 7.84. The summed E-state index contributed by atoms with van der Waals surface area (Å²) in [4.78, 5) is 17.1. The maximum atomic E-state index is 12.9. The van der Waals surface area contributed by atoms with Crippen LogP contribution in [-0.4, -0.2) is 20.7 Å². The Morgan fingerprint density at radius 2 is 1.77 bits per heavy atom. The van der Waals surface area contributed by atoms with Crippen LogP contribution in [0.25, 0.3) is 0 Å². The van der Waals surface area contributed by atoms with E-state index >= 15 is 0 Å². The number of carbonyl (C=O) groups excluding carboxylic acids is 1. The minimum Gasteiger partial charge on any atom is -0.298 e. The SMILES string of the molecule is O=C(CS(=O)Cc1ccccn1)C12CC3CC(CC(C3)C1)C2. The molecule has 1 heterocycles. The molecule has 22 heavy (non-hydrogen) atoms. The summed E-state index contributed by atoms with van der Waals surface area (Å²) in [6.45, 7) is 0. The molecule has 0 radical (unpaired) electrons. The van der Waals surface area contributed by atoms with Crippen molar-refractivity contribution in [2.75, 3.05) is 5.75 Å². The molecule has 4 fully saturated rings. The van der Waals surface area contributed by atoms with E-state index in [4.69, 9.17) is 0 Å². The van der Waals surface area contributed by atoms with Crippen LogP contribution in [0.4, 0.5) is 0 Å². The number of rotatable bonds is 5. The van der Waals surface area contributed by atoms with Crippen LogP contribution in [0.15, 0.2) is 24.4 Å². The number of Topliss-reactive ketones (excluding diaryl/α,β-unsaturated/α-hetero) is 1. The van der Waals surface area contributed by atoms with Crippen LogP contribution in [0.1, 0.15) is 44.2 Å². The number of hydrogen-bond acceptors (Lipinski definition) is 3. The lowest BCUT2D eigenvalue weighted by molar-refractivity contribution is -0.141. The standard InChI is InChI=1S/C18H23NO2S/c20-17(12-22(21)11-16-3-1-2-4-19-16)18-8-13-5-14(9-18)7-15(6-13)10-18/h1-4,13-15H,5-12H2. The summed E-state index contributed by atoms with van der Waals surface area (Å²) in [5, 5.41) is 0. The van der Waals surface area contributed by atoms with Crippen LogP contribution in [-0.2, 0) is 21.3 Å². The van der Waals surface area contributed by atoms with Gasteiger partial charge in [0.05, 0.1) is 17.2 Å². The van der Waals surface area contributed by atoms with Crippen molar-refractivity contribution in [2.45, 2.75) is 44.3 Å². The largest absolute Gasteiger partial charge is 0.298 e. The number of aromatic nitrogens is 1. The first-order chi connectivity index (χ1) is 10.6. The van der Waals surface area contributed by atoms with Gasteiger partial charge in [0, 0.05) is 22.4 Å². The van der Waals surface area contributed by atoms with Gasteiger partial charge in [-0.3, -0.25) is 14.0 Å². The van der Waals surface area contributed by atoms with Gasteiger partial charge >= 0.3 is 0 Å². The lowest BCUT2D eigenvalue weighted by Crippen LogP contribution is -2.51. The van der Waals surface area contributed by atoms with Gasteiger partial charge in [0.2, 0.25) is 0 Å². The fourth-order valence-corrected chi connectivity index (χ4v) is 6.65. The van der Waals surface area contributed by atoms with Gasteiger partial charge in [-0.1, -0.05) is 6.07 Å². The Labute approximate surface area is 134 Å². The van der Waals surface area contributed by atoms with E-state index in [1.165, 1.54) is 19.3 Å². The van der Waals surface area contributed by atoms with Gasteiger partial charge in [-0.15, -0.1) is 0 Å². The molecule has 118 valence electrons. The molecule has 4 bridgehead atoms. The van der Waals surface area contributed by atoms with Crippen LogP contribution >= 0.6 is 0 Å². The Balaban J connectivity index is 1.43. The topological polar surface area (TPSA) is 47.0 Å². The molecular formula is C18H23NO2S. The Hall–Kier alpha value is -1.03. The third kappa shape index (κ3) is 2.66. The van der Waals surface area contributed by atoms with Gasteiger partial charge in [-0.2, -0.15) is 0 Å². The maximum Gasteiger partial charge on any atom is 0.151 e. The highest BCUT2D eigenvalue weighted by Crippen LogP contribution is 2.60. The number of carbonyl (C=O) groups is 1. The average molecular weight is 317 g/mol. The molecule has 0 saturated heterocycles. The molecule has 1 aromatic heterocycles. The van der Waals surface area contributed by atoms with Crippen molar-refractivity contribution in [3.8, 4) is 0 Å². The molecule has 0 aromatic carbocycles. The second-order valence-corrected chi connectivity index (χ2v) is 9.13. The molecule has 1 atom stereocenters. The van der Waals surface area contributed by atoms with Crippen molar-refractivity contribution in [1.29, 1.82) is 0 Å². The first-order valence-electron chi connectivity index (χ1n) is 8.41. The lowest BCUT2D eigenvalue weighted by atomic mass is 9.48. The molecule has 4 aliphatic rings. The van der Waals surface area contributed by atoms with Gasteiger partial charge < -0.3 is 0 Å². The third-order valence-corrected chi connectivity index (χ3v) is 7.16. The van der Waals surface area contributed by atoms with Crippen LogP contribution < -0.4 is 0 Å². The fourth-order valence-electron chi connectivity index (χ4n) is 5.45. The summed E-state index contributed by atoms with van der Waals surface area (Å²) in [6, 6.07) is 5.64. The normalized spacial score (nSPS) is 37.2. The minimum absolute atomic E-state index is 0.117. The number of nitrogens with zero attached hydrogens (tertiary/aromatic N) is 1. The molecule has 3 nitrogen and oxygen atoms in total. The molecule has 1 unspecified atom stereocenters. The van der Waals surface area contributed by atoms with Crippen LogP contribution in [0, 0.1) is 23.2 Å². The van der Waals surface area contributed by atoms with Crippen molar-refractivity contribution in [3.05, 3.63) is 30.1 Å². The van der Waals surface area contributed by atoms with E-state index in [2.05, 4.69) is 4.98 Å². The fraction of sp³-hybridized carbons (Fsp3) is 0.667. The number of hydrogen-bond donors (Lipinski definition) is 0. The van der Waals surface area contributed by atoms with Crippen LogP contribution in [0.3, 0.4) is 0 Å². The molecule has 0 N–H and O–H groups in total. The van der Waals surface area contributed by atoms with Crippen molar-refractivity contribution in [1.82, 2.24) is 4.98 Å². The van der Waals surface area contributed by atoms with E-state index in [9.17, 15) is 9.00 Å². The Kier molecular flexibility index (Phi) is 3.67. The molecule has 0 amide bonds. The molecule has 0 spiro atoms. The maximum absolute atomic E-state index is 12.9. The van der Waals surface area contributed by atoms with Crippen molar-refractivity contribution < 1.29 is 9.00 Å². The van der Waals surface area contributed by atoms with Gasteiger partial charge in [0.1, 0.15) is 0 Å². The van der Waals surface area contributed by atoms with E-state index in [0.29, 0.717) is 5.75 Å². The number of ketones is 1. The summed E-state index contributed by atoms with van der Waals surface area (Å²) in [6.07, 6.45) is 8.93. The minimum atomic E-state index is -1.13. The second-order valence-electron chi connectivity index (χ2n) is 7.67. The van der Waals surface area contributed by atoms with Crippen LogP contribution in [0.2, 0.25) is 0 Å². The Morgan fingerprint density at radius 3 is 2.32 bits per heavy atom. The molecule has 4 heteroatoms. The van der Waals surface area contributed by atoms with Crippen molar-refractivity contribution in [2.24, 2.45) is 23.2 Å². The lowest BCUT2D eigenvalue weighted by Gasteiger charge is -2.55. The first kappa shape index (κ1) is 14.6. The monoisotopic (exact) mass is 317 g/mol. The predicted octanol–water partition coefficient (Wildman–Crippen LogP) is 3.12. The number of pyridine rings is 1. The van der Waals surface area contributed by atoms with E-state index < -0.39 is 10.8 Å². The van der Waals surface area contributed by atoms with Gasteiger partial charge in [-0.05, 0) is 68.4 Å². The van der Waals surface area contributed by atoms with E-state index in [1.807, 2.05) is 18.2 Å². The highest BCUT2D eigenvalue weighted by Gasteiger charge is 2.54. The predicted molar refractivity (Wildman–Crippen MR) is 86.6 cm³/mol. The smallest absolute Gasteiger partial charge is 0.151 e. The van der Waals surface area contributed by atoms with Gasteiger partial charge in [-0.25, -0.2) is 0 Å². The van der Waals surface area contributed by atoms with E-state index in [0.717, 1.165) is 42.7 Å².